The molecule has 1 fully saturated rings. The van der Waals surface area contributed by atoms with Crippen molar-refractivity contribution in [2.24, 2.45) is 11.8 Å². The minimum atomic E-state index is 0.334. The SMILES string of the molecule is CCCNC(c1cc(Cl)ccc1OC)C(C)C1CC1. The molecule has 0 aliphatic heterocycles. The third kappa shape index (κ3) is 3.64. The third-order valence-electron chi connectivity index (χ3n) is 4.03. The Morgan fingerprint density at radius 3 is 2.74 bits per heavy atom. The number of methoxy groups -OCH3 is 1. The second-order valence-corrected chi connectivity index (χ2v) is 5.95. The van der Waals surface area contributed by atoms with Crippen LogP contribution in [0.25, 0.3) is 0 Å². The summed E-state index contributed by atoms with van der Waals surface area (Å²) in [4.78, 5) is 0. The van der Waals surface area contributed by atoms with Crippen LogP contribution in [-0.2, 0) is 0 Å². The second kappa shape index (κ2) is 6.62. The van der Waals surface area contributed by atoms with Crippen LogP contribution in [-0.4, -0.2) is 13.7 Å². The number of benzene rings is 1. The molecule has 1 aromatic rings. The summed E-state index contributed by atoms with van der Waals surface area (Å²) >= 11 is 6.17. The van der Waals surface area contributed by atoms with Crippen LogP contribution in [0.5, 0.6) is 5.75 Å². The van der Waals surface area contributed by atoms with E-state index in [2.05, 4.69) is 19.2 Å². The molecule has 2 unspecified atom stereocenters. The highest BCUT2D eigenvalue weighted by Gasteiger charge is 2.34. The lowest BCUT2D eigenvalue weighted by Gasteiger charge is -2.27. The predicted molar refractivity (Wildman–Crippen MR) is 80.9 cm³/mol. The number of hydrogen-bond acceptors (Lipinski definition) is 2. The molecule has 2 nitrogen and oxygen atoms in total. The van der Waals surface area contributed by atoms with Crippen molar-refractivity contribution in [3.05, 3.63) is 28.8 Å². The lowest BCUT2D eigenvalue weighted by Crippen LogP contribution is -2.29. The lowest BCUT2D eigenvalue weighted by atomic mass is 9.90. The maximum absolute atomic E-state index is 6.17. The summed E-state index contributed by atoms with van der Waals surface area (Å²) < 4.78 is 5.51. The number of hydrogen-bond donors (Lipinski definition) is 1. The lowest BCUT2D eigenvalue weighted by molar-refractivity contribution is 0.332. The molecule has 0 saturated heterocycles. The Hall–Kier alpha value is -0.730. The number of ether oxygens (including phenoxy) is 1. The quantitative estimate of drug-likeness (QED) is 0.798. The fourth-order valence-electron chi connectivity index (χ4n) is 2.72. The first-order valence-corrected chi connectivity index (χ1v) is 7.62. The zero-order valence-corrected chi connectivity index (χ0v) is 12.8. The van der Waals surface area contributed by atoms with E-state index in [1.807, 2.05) is 18.2 Å². The molecular formula is C16H24ClNO. The molecule has 0 spiro atoms. The minimum absolute atomic E-state index is 0.334. The molecular weight excluding hydrogens is 258 g/mol. The van der Waals surface area contributed by atoms with E-state index in [9.17, 15) is 0 Å². The zero-order chi connectivity index (χ0) is 13.8. The van der Waals surface area contributed by atoms with Gasteiger partial charge in [-0.1, -0.05) is 25.4 Å². The Morgan fingerprint density at radius 2 is 2.16 bits per heavy atom. The van der Waals surface area contributed by atoms with Gasteiger partial charge in [0.1, 0.15) is 5.75 Å². The van der Waals surface area contributed by atoms with Gasteiger partial charge in [0, 0.05) is 16.6 Å². The molecule has 1 aromatic carbocycles. The van der Waals surface area contributed by atoms with Gasteiger partial charge >= 0.3 is 0 Å². The summed E-state index contributed by atoms with van der Waals surface area (Å²) in [5.41, 5.74) is 1.20. The summed E-state index contributed by atoms with van der Waals surface area (Å²) in [6.07, 6.45) is 3.85. The molecule has 1 N–H and O–H groups in total. The first-order valence-electron chi connectivity index (χ1n) is 7.24. The van der Waals surface area contributed by atoms with E-state index < -0.39 is 0 Å². The molecule has 1 aliphatic carbocycles. The van der Waals surface area contributed by atoms with Crippen LogP contribution >= 0.6 is 11.6 Å². The normalized spacial score (nSPS) is 18.1. The van der Waals surface area contributed by atoms with Crippen LogP contribution in [0.1, 0.15) is 44.7 Å². The van der Waals surface area contributed by atoms with Crippen LogP contribution < -0.4 is 10.1 Å². The third-order valence-corrected chi connectivity index (χ3v) is 4.27. The van der Waals surface area contributed by atoms with Gasteiger partial charge in [-0.15, -0.1) is 0 Å². The Balaban J connectivity index is 2.27. The Bertz CT molecular complexity index is 417. The van der Waals surface area contributed by atoms with Crippen molar-refractivity contribution >= 4 is 11.6 Å². The molecule has 0 bridgehead atoms. The highest BCUT2D eigenvalue weighted by molar-refractivity contribution is 6.30. The molecule has 19 heavy (non-hydrogen) atoms. The van der Waals surface area contributed by atoms with E-state index in [4.69, 9.17) is 16.3 Å². The number of rotatable bonds is 7. The van der Waals surface area contributed by atoms with Gasteiger partial charge in [0.05, 0.1) is 7.11 Å². The van der Waals surface area contributed by atoms with Gasteiger partial charge in [0.25, 0.3) is 0 Å². The smallest absolute Gasteiger partial charge is 0.123 e. The first-order chi connectivity index (χ1) is 9.17. The van der Waals surface area contributed by atoms with Crippen LogP contribution in [0.15, 0.2) is 18.2 Å². The molecule has 106 valence electrons. The van der Waals surface area contributed by atoms with Gasteiger partial charge in [0.2, 0.25) is 0 Å². The first kappa shape index (κ1) is 14.7. The zero-order valence-electron chi connectivity index (χ0n) is 12.1. The Kier molecular flexibility index (Phi) is 5.12. The highest BCUT2D eigenvalue weighted by Crippen LogP contribution is 2.44. The fraction of sp³-hybridized carbons (Fsp3) is 0.625. The van der Waals surface area contributed by atoms with Gasteiger partial charge < -0.3 is 10.1 Å². The molecule has 0 aromatic heterocycles. The van der Waals surface area contributed by atoms with Crippen molar-refractivity contribution in [3.63, 3.8) is 0 Å². The van der Waals surface area contributed by atoms with Gasteiger partial charge in [0.15, 0.2) is 0 Å². The maximum atomic E-state index is 6.17. The van der Waals surface area contributed by atoms with Crippen molar-refractivity contribution in [2.75, 3.05) is 13.7 Å². The molecule has 2 atom stereocenters. The topological polar surface area (TPSA) is 21.3 Å². The van der Waals surface area contributed by atoms with Crippen molar-refractivity contribution < 1.29 is 4.74 Å². The van der Waals surface area contributed by atoms with E-state index in [-0.39, 0.29) is 0 Å². The van der Waals surface area contributed by atoms with Crippen molar-refractivity contribution in [2.45, 2.75) is 39.2 Å². The van der Waals surface area contributed by atoms with Gasteiger partial charge in [-0.3, -0.25) is 0 Å². The van der Waals surface area contributed by atoms with Gasteiger partial charge in [-0.2, -0.15) is 0 Å². The molecule has 0 amide bonds. The van der Waals surface area contributed by atoms with Crippen LogP contribution in [0.3, 0.4) is 0 Å². The summed E-state index contributed by atoms with van der Waals surface area (Å²) in [6.45, 7) is 5.56. The van der Waals surface area contributed by atoms with E-state index in [1.165, 1.54) is 18.4 Å². The Labute approximate surface area is 121 Å². The highest BCUT2D eigenvalue weighted by atomic mass is 35.5. The van der Waals surface area contributed by atoms with Gasteiger partial charge in [-0.25, -0.2) is 0 Å². The molecule has 0 heterocycles. The summed E-state index contributed by atoms with van der Waals surface area (Å²) in [7, 11) is 1.73. The standard InChI is InChI=1S/C16H24ClNO/c1-4-9-18-16(11(2)12-5-6-12)14-10-13(17)7-8-15(14)19-3/h7-8,10-12,16,18H,4-6,9H2,1-3H3. The van der Waals surface area contributed by atoms with E-state index in [1.54, 1.807) is 7.11 Å². The maximum Gasteiger partial charge on any atom is 0.123 e. The summed E-state index contributed by atoms with van der Waals surface area (Å²) in [5.74, 6) is 2.41. The fourth-order valence-corrected chi connectivity index (χ4v) is 2.90. The van der Waals surface area contributed by atoms with Crippen molar-refractivity contribution in [1.29, 1.82) is 0 Å². The largest absolute Gasteiger partial charge is 0.496 e. The molecule has 1 aliphatic rings. The van der Waals surface area contributed by atoms with Crippen LogP contribution in [0.2, 0.25) is 5.02 Å². The average molecular weight is 282 g/mol. The number of halogens is 1. The minimum Gasteiger partial charge on any atom is -0.496 e. The molecule has 1 saturated carbocycles. The second-order valence-electron chi connectivity index (χ2n) is 5.51. The van der Waals surface area contributed by atoms with Crippen LogP contribution in [0, 0.1) is 11.8 Å². The van der Waals surface area contributed by atoms with Crippen molar-refractivity contribution in [3.8, 4) is 5.75 Å². The van der Waals surface area contributed by atoms with Gasteiger partial charge in [-0.05, 0) is 55.8 Å². The summed E-state index contributed by atoms with van der Waals surface area (Å²) in [5, 5.41) is 4.45. The Morgan fingerprint density at radius 1 is 1.42 bits per heavy atom. The van der Waals surface area contributed by atoms with Crippen molar-refractivity contribution in [1.82, 2.24) is 5.32 Å². The van der Waals surface area contributed by atoms with E-state index >= 15 is 0 Å². The predicted octanol–water partition coefficient (Wildman–Crippen LogP) is 4.44. The molecule has 2 rings (SSSR count). The molecule has 0 radical (unpaired) electrons. The monoisotopic (exact) mass is 281 g/mol. The summed E-state index contributed by atoms with van der Waals surface area (Å²) in [6, 6.07) is 6.24. The van der Waals surface area contributed by atoms with Crippen LogP contribution in [0.4, 0.5) is 0 Å². The van der Waals surface area contributed by atoms with E-state index in [0.717, 1.165) is 29.7 Å². The van der Waals surface area contributed by atoms with E-state index in [0.29, 0.717) is 12.0 Å². The average Bonchev–Trinajstić information content (AvgIpc) is 3.23. The number of nitrogens with one attached hydrogen (secondary N) is 1. The molecule has 3 heteroatoms.